The third-order valence-corrected chi connectivity index (χ3v) is 5.07. The minimum Gasteiger partial charge on any atom is -0.497 e. The Labute approximate surface area is 188 Å². The third-order valence-electron chi connectivity index (χ3n) is 5.07. The molecule has 3 rings (SSSR count). The van der Waals surface area contributed by atoms with Gasteiger partial charge in [0.2, 0.25) is 5.91 Å². The number of rotatable bonds is 10. The van der Waals surface area contributed by atoms with Gasteiger partial charge in [0.05, 0.1) is 37.7 Å². The van der Waals surface area contributed by atoms with Gasteiger partial charge in [-0.15, -0.1) is 0 Å². The van der Waals surface area contributed by atoms with Gasteiger partial charge >= 0.3 is 0 Å². The third kappa shape index (κ3) is 6.21. The van der Waals surface area contributed by atoms with Crippen molar-refractivity contribution in [1.82, 2.24) is 10.6 Å². The van der Waals surface area contributed by atoms with Gasteiger partial charge in [0.15, 0.2) is 0 Å². The van der Waals surface area contributed by atoms with Gasteiger partial charge in [-0.1, -0.05) is 38.1 Å². The summed E-state index contributed by atoms with van der Waals surface area (Å²) in [5.74, 6) is 1.20. The lowest BCUT2D eigenvalue weighted by Gasteiger charge is -2.23. The lowest BCUT2D eigenvalue weighted by Crippen LogP contribution is -2.34. The predicted molar refractivity (Wildman–Crippen MR) is 124 cm³/mol. The summed E-state index contributed by atoms with van der Waals surface area (Å²) in [6, 6.07) is 18.3. The van der Waals surface area contributed by atoms with Gasteiger partial charge < -0.3 is 25.1 Å². The summed E-state index contributed by atoms with van der Waals surface area (Å²) in [4.78, 5) is 25.3. The lowest BCUT2D eigenvalue weighted by molar-refractivity contribution is -0.115. The van der Waals surface area contributed by atoms with Crippen LogP contribution in [0.3, 0.4) is 0 Å². The Kier molecular flexibility index (Phi) is 8.05. The fourth-order valence-electron chi connectivity index (χ4n) is 3.41. The number of hydrogen-bond donors (Lipinski definition) is 3. The number of nitrogens with one attached hydrogen (secondary N) is 3. The molecular weight excluding hydrogens is 406 g/mol. The molecule has 0 aliphatic heterocycles. The average Bonchev–Trinajstić information content (AvgIpc) is 3.32. The lowest BCUT2D eigenvalue weighted by atomic mass is 9.96. The van der Waals surface area contributed by atoms with Crippen molar-refractivity contribution in [2.24, 2.45) is 5.92 Å². The van der Waals surface area contributed by atoms with Gasteiger partial charge in [0.25, 0.3) is 5.91 Å². The summed E-state index contributed by atoms with van der Waals surface area (Å²) in [6.07, 6.45) is 1.55. The van der Waals surface area contributed by atoms with Gasteiger partial charge in [-0.2, -0.15) is 0 Å². The zero-order valence-corrected chi connectivity index (χ0v) is 18.6. The fourth-order valence-corrected chi connectivity index (χ4v) is 3.41. The van der Waals surface area contributed by atoms with E-state index in [0.29, 0.717) is 17.0 Å². The van der Waals surface area contributed by atoms with E-state index in [1.165, 1.54) is 0 Å². The number of furan rings is 1. The maximum atomic E-state index is 12.7. The predicted octanol–water partition coefficient (Wildman–Crippen LogP) is 4.14. The summed E-state index contributed by atoms with van der Waals surface area (Å²) in [5.41, 5.74) is 1.93. The van der Waals surface area contributed by atoms with Crippen LogP contribution in [0.15, 0.2) is 71.3 Å². The standard InChI is InChI=1S/C25H29N3O4/c1-17(2)24(18-10-12-19(31-3)13-11-18)26-16-23(29)28-22-9-5-4-8-21(22)25(30)27-15-20-7-6-14-32-20/h4-14,17,24,26H,15-16H2,1-3H3,(H,27,30)(H,28,29). The molecule has 32 heavy (non-hydrogen) atoms. The highest BCUT2D eigenvalue weighted by Crippen LogP contribution is 2.24. The number of carbonyl (C=O) groups is 2. The first-order chi connectivity index (χ1) is 15.5. The van der Waals surface area contributed by atoms with Crippen molar-refractivity contribution < 1.29 is 18.7 Å². The zero-order chi connectivity index (χ0) is 22.9. The molecule has 1 heterocycles. The largest absolute Gasteiger partial charge is 0.497 e. The Morgan fingerprint density at radius 3 is 2.41 bits per heavy atom. The van der Waals surface area contributed by atoms with E-state index in [1.807, 2.05) is 24.3 Å². The molecule has 3 N–H and O–H groups in total. The Morgan fingerprint density at radius 1 is 1.00 bits per heavy atom. The minimum atomic E-state index is -0.288. The number of amides is 2. The van der Waals surface area contributed by atoms with Gasteiger partial charge in [0, 0.05) is 6.04 Å². The van der Waals surface area contributed by atoms with Crippen LogP contribution in [0.2, 0.25) is 0 Å². The van der Waals surface area contributed by atoms with Crippen molar-refractivity contribution in [3.05, 3.63) is 83.8 Å². The molecule has 1 unspecified atom stereocenters. The maximum Gasteiger partial charge on any atom is 0.253 e. The molecule has 0 saturated carbocycles. The topological polar surface area (TPSA) is 92.6 Å². The molecule has 2 aromatic carbocycles. The van der Waals surface area contributed by atoms with Crippen molar-refractivity contribution in [3.8, 4) is 5.75 Å². The van der Waals surface area contributed by atoms with E-state index in [1.54, 1.807) is 49.8 Å². The molecule has 0 aliphatic carbocycles. The fraction of sp³-hybridized carbons (Fsp3) is 0.280. The highest BCUT2D eigenvalue weighted by molar-refractivity contribution is 6.04. The van der Waals surface area contributed by atoms with Crippen LogP contribution in [0.4, 0.5) is 5.69 Å². The summed E-state index contributed by atoms with van der Waals surface area (Å²) in [6.45, 7) is 4.57. The molecule has 3 aromatic rings. The molecule has 0 aliphatic rings. The molecule has 1 atom stereocenters. The Balaban J connectivity index is 1.60. The molecule has 2 amide bonds. The molecular formula is C25H29N3O4. The number of carbonyl (C=O) groups excluding carboxylic acids is 2. The van der Waals surface area contributed by atoms with Crippen molar-refractivity contribution in [2.75, 3.05) is 19.0 Å². The van der Waals surface area contributed by atoms with Gasteiger partial charge in [0.1, 0.15) is 11.5 Å². The van der Waals surface area contributed by atoms with E-state index in [-0.39, 0.29) is 36.9 Å². The van der Waals surface area contributed by atoms with E-state index in [0.717, 1.165) is 11.3 Å². The van der Waals surface area contributed by atoms with Crippen LogP contribution < -0.4 is 20.7 Å². The van der Waals surface area contributed by atoms with Crippen LogP contribution in [0, 0.1) is 5.92 Å². The van der Waals surface area contributed by atoms with Crippen molar-refractivity contribution in [2.45, 2.75) is 26.4 Å². The summed E-state index contributed by atoms with van der Waals surface area (Å²) in [5, 5.41) is 8.96. The van der Waals surface area contributed by atoms with Gasteiger partial charge in [-0.05, 0) is 47.9 Å². The van der Waals surface area contributed by atoms with Crippen LogP contribution in [0.5, 0.6) is 5.75 Å². The number of hydrogen-bond acceptors (Lipinski definition) is 5. The molecule has 1 aromatic heterocycles. The average molecular weight is 436 g/mol. The Hall–Kier alpha value is -3.58. The highest BCUT2D eigenvalue weighted by Gasteiger charge is 2.18. The molecule has 0 bridgehead atoms. The monoisotopic (exact) mass is 435 g/mol. The molecule has 0 fully saturated rings. The second kappa shape index (κ2) is 11.2. The summed E-state index contributed by atoms with van der Waals surface area (Å²) in [7, 11) is 1.63. The highest BCUT2D eigenvalue weighted by atomic mass is 16.5. The second-order valence-corrected chi connectivity index (χ2v) is 7.73. The quantitative estimate of drug-likeness (QED) is 0.445. The van der Waals surface area contributed by atoms with Crippen molar-refractivity contribution in [3.63, 3.8) is 0 Å². The Morgan fingerprint density at radius 2 is 1.75 bits per heavy atom. The first kappa shape index (κ1) is 23.1. The van der Waals surface area contributed by atoms with Gasteiger partial charge in [-0.25, -0.2) is 0 Å². The van der Waals surface area contributed by atoms with Crippen LogP contribution in [0.1, 0.15) is 41.6 Å². The molecule has 168 valence electrons. The number of ether oxygens (including phenoxy) is 1. The first-order valence-corrected chi connectivity index (χ1v) is 10.5. The molecule has 0 spiro atoms. The molecule has 0 saturated heterocycles. The van der Waals surface area contributed by atoms with E-state index in [9.17, 15) is 9.59 Å². The zero-order valence-electron chi connectivity index (χ0n) is 18.6. The number of benzene rings is 2. The summed E-state index contributed by atoms with van der Waals surface area (Å²) < 4.78 is 10.5. The van der Waals surface area contributed by atoms with Crippen LogP contribution in [0.25, 0.3) is 0 Å². The molecule has 7 heteroatoms. The second-order valence-electron chi connectivity index (χ2n) is 7.73. The number of para-hydroxylation sites is 1. The number of methoxy groups -OCH3 is 1. The van der Waals surface area contributed by atoms with Crippen molar-refractivity contribution >= 4 is 17.5 Å². The number of anilines is 1. The normalized spacial score (nSPS) is 11.8. The SMILES string of the molecule is COc1ccc(C(NCC(=O)Nc2ccccc2C(=O)NCc2ccco2)C(C)C)cc1. The molecule has 7 nitrogen and oxygen atoms in total. The van der Waals surface area contributed by atoms with E-state index >= 15 is 0 Å². The minimum absolute atomic E-state index is 0.00139. The Bertz CT molecular complexity index is 1010. The first-order valence-electron chi connectivity index (χ1n) is 10.5. The summed E-state index contributed by atoms with van der Waals surface area (Å²) >= 11 is 0. The maximum absolute atomic E-state index is 12.7. The van der Waals surface area contributed by atoms with Gasteiger partial charge in [-0.3, -0.25) is 9.59 Å². The van der Waals surface area contributed by atoms with Crippen LogP contribution in [-0.2, 0) is 11.3 Å². The van der Waals surface area contributed by atoms with Crippen LogP contribution in [-0.4, -0.2) is 25.5 Å². The molecule has 0 radical (unpaired) electrons. The smallest absolute Gasteiger partial charge is 0.253 e. The van der Waals surface area contributed by atoms with E-state index < -0.39 is 0 Å². The van der Waals surface area contributed by atoms with Crippen molar-refractivity contribution in [1.29, 1.82) is 0 Å². The van der Waals surface area contributed by atoms with E-state index in [2.05, 4.69) is 29.8 Å². The van der Waals surface area contributed by atoms with Crippen LogP contribution >= 0.6 is 0 Å². The van der Waals surface area contributed by atoms with E-state index in [4.69, 9.17) is 9.15 Å².